The number of hydrogen-bond donors (Lipinski definition) is 1. The van der Waals surface area contributed by atoms with Gasteiger partial charge in [-0.2, -0.15) is 9.78 Å². The zero-order valence-corrected chi connectivity index (χ0v) is 10.7. The minimum Gasteiger partial charge on any atom is -0.383 e. The smallest absolute Gasteiger partial charge is 0.282 e. The maximum atomic E-state index is 12.4. The number of nitrogens with two attached hydrogens (primary N) is 1. The molecule has 0 aliphatic rings. The van der Waals surface area contributed by atoms with Gasteiger partial charge >= 0.3 is 0 Å². The number of rotatable bonds is 2. The molecule has 0 saturated carbocycles. The van der Waals surface area contributed by atoms with Gasteiger partial charge in [0.05, 0.1) is 11.3 Å². The summed E-state index contributed by atoms with van der Waals surface area (Å²) < 4.78 is 1.23. The highest BCUT2D eigenvalue weighted by atomic mass is 16.2. The van der Waals surface area contributed by atoms with Gasteiger partial charge in [-0.15, -0.1) is 0 Å². The highest BCUT2D eigenvalue weighted by Crippen LogP contribution is 2.20. The summed E-state index contributed by atoms with van der Waals surface area (Å²) in [6, 6.07) is 9.06. The third-order valence-corrected chi connectivity index (χ3v) is 2.67. The molecule has 1 aromatic carbocycles. The highest BCUT2D eigenvalue weighted by Gasteiger charge is 2.17. The molecule has 0 bridgehead atoms. The third-order valence-electron chi connectivity index (χ3n) is 2.67. The Morgan fingerprint density at radius 1 is 1.33 bits per heavy atom. The molecule has 18 heavy (non-hydrogen) atoms. The predicted molar refractivity (Wildman–Crippen MR) is 71.9 cm³/mol. The molecule has 1 aromatic heterocycles. The van der Waals surface area contributed by atoms with Crippen LogP contribution in [0.2, 0.25) is 0 Å². The van der Waals surface area contributed by atoms with Crippen molar-refractivity contribution in [2.24, 2.45) is 0 Å². The van der Waals surface area contributed by atoms with E-state index < -0.39 is 0 Å². The number of carbonyl (C=O) groups is 1. The van der Waals surface area contributed by atoms with Crippen LogP contribution in [0.25, 0.3) is 0 Å². The third kappa shape index (κ3) is 2.07. The van der Waals surface area contributed by atoms with E-state index in [9.17, 15) is 4.79 Å². The molecule has 2 N–H and O–H groups in total. The quantitative estimate of drug-likeness (QED) is 0.870. The van der Waals surface area contributed by atoms with Gasteiger partial charge in [0.2, 0.25) is 0 Å². The van der Waals surface area contributed by atoms with Gasteiger partial charge in [-0.05, 0) is 19.1 Å². The fourth-order valence-corrected chi connectivity index (χ4v) is 1.84. The first-order valence-electron chi connectivity index (χ1n) is 5.64. The SMILES string of the molecule is Cc1cc(N)n(C(=O)c2ccccc2N(C)C)n1. The van der Waals surface area contributed by atoms with Gasteiger partial charge in [-0.3, -0.25) is 4.79 Å². The van der Waals surface area contributed by atoms with Crippen LogP contribution in [0, 0.1) is 6.92 Å². The Hall–Kier alpha value is -2.30. The minimum absolute atomic E-state index is 0.218. The van der Waals surface area contributed by atoms with E-state index >= 15 is 0 Å². The second-order valence-corrected chi connectivity index (χ2v) is 4.34. The first-order valence-corrected chi connectivity index (χ1v) is 5.64. The topological polar surface area (TPSA) is 64.2 Å². The molecule has 5 heteroatoms. The van der Waals surface area contributed by atoms with Crippen LogP contribution in [0.1, 0.15) is 16.1 Å². The van der Waals surface area contributed by atoms with E-state index in [4.69, 9.17) is 5.73 Å². The van der Waals surface area contributed by atoms with Gasteiger partial charge in [-0.25, -0.2) is 0 Å². The Bertz CT molecular complexity index is 586. The Morgan fingerprint density at radius 3 is 2.56 bits per heavy atom. The molecular weight excluding hydrogens is 228 g/mol. The molecule has 0 amide bonds. The summed E-state index contributed by atoms with van der Waals surface area (Å²) in [5.41, 5.74) is 7.92. The summed E-state index contributed by atoms with van der Waals surface area (Å²) in [6.45, 7) is 1.80. The van der Waals surface area contributed by atoms with Crippen molar-refractivity contribution < 1.29 is 4.79 Å². The molecule has 0 radical (unpaired) electrons. The van der Waals surface area contributed by atoms with E-state index in [1.54, 1.807) is 19.1 Å². The largest absolute Gasteiger partial charge is 0.383 e. The Kier molecular flexibility index (Phi) is 3.06. The van der Waals surface area contributed by atoms with Crippen LogP contribution in [-0.4, -0.2) is 29.8 Å². The lowest BCUT2D eigenvalue weighted by Crippen LogP contribution is -2.20. The maximum Gasteiger partial charge on any atom is 0.282 e. The molecule has 0 spiro atoms. The normalized spacial score (nSPS) is 10.4. The van der Waals surface area contributed by atoms with Gasteiger partial charge in [0.25, 0.3) is 5.91 Å². The van der Waals surface area contributed by atoms with E-state index in [-0.39, 0.29) is 5.91 Å². The highest BCUT2D eigenvalue weighted by molar-refractivity contribution is 6.02. The van der Waals surface area contributed by atoms with Gasteiger partial charge in [0, 0.05) is 25.8 Å². The molecule has 0 aliphatic heterocycles. The van der Waals surface area contributed by atoms with E-state index in [1.807, 2.05) is 37.2 Å². The van der Waals surface area contributed by atoms with E-state index in [1.165, 1.54) is 4.68 Å². The van der Waals surface area contributed by atoms with Crippen LogP contribution >= 0.6 is 0 Å². The number of nitrogen functional groups attached to an aromatic ring is 1. The standard InChI is InChI=1S/C13H16N4O/c1-9-8-12(14)17(15-9)13(18)10-6-4-5-7-11(10)16(2)3/h4-8H,14H2,1-3H3. The number of para-hydroxylation sites is 1. The van der Waals surface area contributed by atoms with Crippen molar-refractivity contribution in [2.45, 2.75) is 6.92 Å². The summed E-state index contributed by atoms with van der Waals surface area (Å²) in [4.78, 5) is 14.3. The zero-order chi connectivity index (χ0) is 13.3. The van der Waals surface area contributed by atoms with Crippen LogP contribution in [0.4, 0.5) is 11.5 Å². The molecule has 0 atom stereocenters. The molecule has 2 aromatic rings. The number of nitrogens with zero attached hydrogens (tertiary/aromatic N) is 3. The number of aromatic nitrogens is 2. The molecule has 0 fully saturated rings. The molecule has 1 heterocycles. The van der Waals surface area contributed by atoms with Crippen LogP contribution in [0.3, 0.4) is 0 Å². The predicted octanol–water partition coefficient (Wildman–Crippen LogP) is 1.53. The number of anilines is 2. The number of carbonyl (C=O) groups excluding carboxylic acids is 1. The molecule has 5 nitrogen and oxygen atoms in total. The average molecular weight is 244 g/mol. The van der Waals surface area contributed by atoms with Crippen molar-refractivity contribution >= 4 is 17.4 Å². The van der Waals surface area contributed by atoms with Crippen molar-refractivity contribution in [3.8, 4) is 0 Å². The van der Waals surface area contributed by atoms with E-state index in [0.29, 0.717) is 11.4 Å². The summed E-state index contributed by atoms with van der Waals surface area (Å²) >= 11 is 0. The molecule has 94 valence electrons. The summed E-state index contributed by atoms with van der Waals surface area (Å²) in [6.07, 6.45) is 0. The first kappa shape index (κ1) is 12.2. The molecule has 2 rings (SSSR count). The fraction of sp³-hybridized carbons (Fsp3) is 0.231. The van der Waals surface area contributed by atoms with Crippen molar-refractivity contribution in [3.05, 3.63) is 41.6 Å². The van der Waals surface area contributed by atoms with E-state index in [0.717, 1.165) is 11.4 Å². The van der Waals surface area contributed by atoms with E-state index in [2.05, 4.69) is 5.10 Å². The average Bonchev–Trinajstić information content (AvgIpc) is 2.67. The second-order valence-electron chi connectivity index (χ2n) is 4.34. The fourth-order valence-electron chi connectivity index (χ4n) is 1.84. The second kappa shape index (κ2) is 4.52. The van der Waals surface area contributed by atoms with Crippen molar-refractivity contribution in [1.82, 2.24) is 9.78 Å². The molecule has 0 aliphatic carbocycles. The Labute approximate surface area is 106 Å². The summed E-state index contributed by atoms with van der Waals surface area (Å²) in [5.74, 6) is 0.135. The Balaban J connectivity index is 2.49. The lowest BCUT2D eigenvalue weighted by Gasteiger charge is -2.16. The monoisotopic (exact) mass is 244 g/mol. The Morgan fingerprint density at radius 2 is 2.00 bits per heavy atom. The number of benzene rings is 1. The molecule has 0 saturated heterocycles. The maximum absolute atomic E-state index is 12.4. The van der Waals surface area contributed by atoms with Crippen molar-refractivity contribution in [2.75, 3.05) is 24.7 Å². The van der Waals surface area contributed by atoms with Crippen molar-refractivity contribution in [1.29, 1.82) is 0 Å². The molecular formula is C13H16N4O. The summed E-state index contributed by atoms with van der Waals surface area (Å²) in [5, 5.41) is 4.11. The lowest BCUT2D eigenvalue weighted by atomic mass is 10.1. The van der Waals surface area contributed by atoms with Gasteiger partial charge < -0.3 is 10.6 Å². The molecule has 0 unspecified atom stereocenters. The number of aryl methyl sites for hydroxylation is 1. The van der Waals surface area contributed by atoms with Gasteiger partial charge in [0.1, 0.15) is 5.82 Å². The zero-order valence-electron chi connectivity index (χ0n) is 10.7. The van der Waals surface area contributed by atoms with Gasteiger partial charge in [0.15, 0.2) is 0 Å². The van der Waals surface area contributed by atoms with Crippen LogP contribution < -0.4 is 10.6 Å². The van der Waals surface area contributed by atoms with Gasteiger partial charge in [-0.1, -0.05) is 12.1 Å². The number of hydrogen-bond acceptors (Lipinski definition) is 4. The van der Waals surface area contributed by atoms with Crippen LogP contribution in [0.15, 0.2) is 30.3 Å². The van der Waals surface area contributed by atoms with Crippen LogP contribution in [-0.2, 0) is 0 Å². The lowest BCUT2D eigenvalue weighted by molar-refractivity contribution is 0.0948. The summed E-state index contributed by atoms with van der Waals surface area (Å²) in [7, 11) is 3.79. The van der Waals surface area contributed by atoms with Crippen LogP contribution in [0.5, 0.6) is 0 Å². The first-order chi connectivity index (χ1) is 8.50. The van der Waals surface area contributed by atoms with Crippen molar-refractivity contribution in [3.63, 3.8) is 0 Å². The minimum atomic E-state index is -0.218.